The predicted molar refractivity (Wildman–Crippen MR) is 70.5 cm³/mol. The second-order valence-electron chi connectivity index (χ2n) is 6.58. The Morgan fingerprint density at radius 3 is 1.89 bits per heavy atom. The van der Waals surface area contributed by atoms with E-state index in [9.17, 15) is 9.59 Å². The highest BCUT2D eigenvalue weighted by atomic mass is 16.4. The molecule has 2 unspecified atom stereocenters. The van der Waals surface area contributed by atoms with Gasteiger partial charge in [-0.3, -0.25) is 9.59 Å². The number of carbonyl (C=O) groups excluding carboxylic acids is 1. The van der Waals surface area contributed by atoms with Crippen LogP contribution in [0.5, 0.6) is 0 Å². The largest absolute Gasteiger partial charge is 0.481 e. The molecule has 0 radical (unpaired) electrons. The molecule has 2 saturated carbocycles. The number of carbonyl (C=O) groups is 2. The number of hydrogen-bond donors (Lipinski definition) is 1. The summed E-state index contributed by atoms with van der Waals surface area (Å²) >= 11 is 0. The molecule has 3 rings (SSSR count). The third kappa shape index (κ3) is 2.49. The van der Waals surface area contributed by atoms with Crippen molar-refractivity contribution >= 4 is 11.9 Å². The molecule has 1 aliphatic heterocycles. The number of carboxylic acid groups (broad SMARTS) is 1. The second-order valence-corrected chi connectivity index (χ2v) is 6.58. The molecule has 3 fully saturated rings. The van der Waals surface area contributed by atoms with Gasteiger partial charge in [-0.2, -0.15) is 0 Å². The maximum Gasteiger partial charge on any atom is 0.306 e. The number of hydrogen-bond acceptors (Lipinski definition) is 2. The zero-order valence-electron chi connectivity index (χ0n) is 11.4. The first-order valence-electron chi connectivity index (χ1n) is 7.66. The third-order valence-corrected chi connectivity index (χ3v) is 5.46. The summed E-state index contributed by atoms with van der Waals surface area (Å²) in [6.07, 6.45) is 6.80. The first-order chi connectivity index (χ1) is 9.15. The number of likely N-dealkylation sites (tertiary alicyclic amines) is 1. The van der Waals surface area contributed by atoms with Gasteiger partial charge in [-0.1, -0.05) is 6.42 Å². The molecule has 2 atom stereocenters. The van der Waals surface area contributed by atoms with Crippen molar-refractivity contribution < 1.29 is 14.7 Å². The molecule has 1 N–H and O–H groups in total. The summed E-state index contributed by atoms with van der Waals surface area (Å²) in [7, 11) is 0. The molecule has 3 aliphatic rings. The summed E-state index contributed by atoms with van der Waals surface area (Å²) in [6.45, 7) is 1.92. The number of rotatable bonds is 2. The molecule has 1 heterocycles. The molecule has 0 aromatic carbocycles. The summed E-state index contributed by atoms with van der Waals surface area (Å²) in [5.74, 6) is 0.981. The average Bonchev–Trinajstić information content (AvgIpc) is 2.98. The van der Waals surface area contributed by atoms with Crippen LogP contribution in [0, 0.1) is 23.7 Å². The van der Waals surface area contributed by atoms with Crippen LogP contribution in [-0.2, 0) is 9.59 Å². The lowest BCUT2D eigenvalue weighted by Gasteiger charge is -2.29. The van der Waals surface area contributed by atoms with Crippen LogP contribution >= 0.6 is 0 Å². The minimum absolute atomic E-state index is 0.0921. The van der Waals surface area contributed by atoms with Gasteiger partial charge in [0.25, 0.3) is 0 Å². The van der Waals surface area contributed by atoms with Crippen molar-refractivity contribution in [2.45, 2.75) is 44.9 Å². The van der Waals surface area contributed by atoms with Crippen LogP contribution in [-0.4, -0.2) is 35.0 Å². The van der Waals surface area contributed by atoms with Gasteiger partial charge >= 0.3 is 5.97 Å². The summed E-state index contributed by atoms with van der Waals surface area (Å²) in [5.41, 5.74) is 0. The number of aliphatic carboxylic acids is 1. The maximum atomic E-state index is 12.5. The predicted octanol–water partition coefficient (Wildman–Crippen LogP) is 2.14. The normalized spacial score (nSPS) is 38.2. The van der Waals surface area contributed by atoms with Gasteiger partial charge in [-0.05, 0) is 50.4 Å². The van der Waals surface area contributed by atoms with Gasteiger partial charge in [0.05, 0.1) is 5.92 Å². The van der Waals surface area contributed by atoms with E-state index in [1.165, 1.54) is 19.3 Å². The van der Waals surface area contributed by atoms with Gasteiger partial charge < -0.3 is 10.0 Å². The zero-order chi connectivity index (χ0) is 13.4. The number of amides is 1. The fourth-order valence-electron chi connectivity index (χ4n) is 4.26. The van der Waals surface area contributed by atoms with E-state index < -0.39 is 5.97 Å². The SMILES string of the molecule is O=C(O)C1CCC(C(=O)N2CC3CCCC3C2)CC1. The molecular weight excluding hydrogens is 242 g/mol. The van der Waals surface area contributed by atoms with Gasteiger partial charge in [0.1, 0.15) is 0 Å². The van der Waals surface area contributed by atoms with Crippen LogP contribution in [0.4, 0.5) is 0 Å². The van der Waals surface area contributed by atoms with E-state index in [-0.39, 0.29) is 11.8 Å². The average molecular weight is 265 g/mol. The lowest BCUT2D eigenvalue weighted by Crippen LogP contribution is -2.37. The van der Waals surface area contributed by atoms with Gasteiger partial charge in [0.2, 0.25) is 5.91 Å². The van der Waals surface area contributed by atoms with E-state index in [2.05, 4.69) is 4.90 Å². The van der Waals surface area contributed by atoms with Gasteiger partial charge in [-0.25, -0.2) is 0 Å². The number of fused-ring (bicyclic) bond motifs is 1. The first kappa shape index (κ1) is 12.9. The molecule has 0 spiro atoms. The molecule has 0 bridgehead atoms. The van der Waals surface area contributed by atoms with Crippen molar-refractivity contribution in [3.63, 3.8) is 0 Å². The van der Waals surface area contributed by atoms with Crippen molar-refractivity contribution in [1.29, 1.82) is 0 Å². The van der Waals surface area contributed by atoms with E-state index >= 15 is 0 Å². The Bertz CT molecular complexity index is 362. The Morgan fingerprint density at radius 2 is 1.37 bits per heavy atom. The van der Waals surface area contributed by atoms with E-state index in [1.54, 1.807) is 0 Å². The molecule has 1 amide bonds. The molecule has 106 valence electrons. The Morgan fingerprint density at radius 1 is 0.842 bits per heavy atom. The van der Waals surface area contributed by atoms with Crippen LogP contribution in [0.15, 0.2) is 0 Å². The van der Waals surface area contributed by atoms with Crippen molar-refractivity contribution in [3.8, 4) is 0 Å². The fourth-order valence-corrected chi connectivity index (χ4v) is 4.26. The molecule has 4 nitrogen and oxygen atoms in total. The Hall–Kier alpha value is -1.06. The molecule has 2 aliphatic carbocycles. The standard InChI is InChI=1S/C15H23NO3/c17-14(10-4-6-11(7-5-10)15(18)19)16-8-12-2-1-3-13(12)9-16/h10-13H,1-9H2,(H,18,19). The van der Waals surface area contributed by atoms with Crippen LogP contribution < -0.4 is 0 Å². The second kappa shape index (κ2) is 5.14. The van der Waals surface area contributed by atoms with E-state index in [0.29, 0.717) is 18.7 Å². The summed E-state index contributed by atoms with van der Waals surface area (Å²) in [4.78, 5) is 25.5. The highest BCUT2D eigenvalue weighted by Gasteiger charge is 2.40. The van der Waals surface area contributed by atoms with Crippen molar-refractivity contribution in [2.24, 2.45) is 23.7 Å². The van der Waals surface area contributed by atoms with E-state index in [1.807, 2.05) is 0 Å². The molecule has 19 heavy (non-hydrogen) atoms. The lowest BCUT2D eigenvalue weighted by atomic mass is 9.81. The topological polar surface area (TPSA) is 57.6 Å². The van der Waals surface area contributed by atoms with Crippen LogP contribution in [0.2, 0.25) is 0 Å². The van der Waals surface area contributed by atoms with Crippen molar-refractivity contribution in [1.82, 2.24) is 4.90 Å². The van der Waals surface area contributed by atoms with Crippen LogP contribution in [0.1, 0.15) is 44.9 Å². The number of carboxylic acids is 1. The Balaban J connectivity index is 1.53. The van der Waals surface area contributed by atoms with E-state index in [0.717, 1.165) is 37.8 Å². The molecule has 4 heteroatoms. The molecule has 0 aromatic rings. The van der Waals surface area contributed by atoms with E-state index in [4.69, 9.17) is 5.11 Å². The fraction of sp³-hybridized carbons (Fsp3) is 0.867. The quantitative estimate of drug-likeness (QED) is 0.832. The van der Waals surface area contributed by atoms with Gasteiger partial charge in [0, 0.05) is 19.0 Å². The monoisotopic (exact) mass is 265 g/mol. The van der Waals surface area contributed by atoms with Crippen molar-refractivity contribution in [3.05, 3.63) is 0 Å². The maximum absolute atomic E-state index is 12.5. The van der Waals surface area contributed by atoms with Gasteiger partial charge in [0.15, 0.2) is 0 Å². The Kier molecular flexibility index (Phi) is 3.50. The zero-order valence-corrected chi connectivity index (χ0v) is 11.4. The van der Waals surface area contributed by atoms with Crippen molar-refractivity contribution in [2.75, 3.05) is 13.1 Å². The third-order valence-electron chi connectivity index (χ3n) is 5.46. The first-order valence-corrected chi connectivity index (χ1v) is 7.66. The molecule has 1 saturated heterocycles. The summed E-state index contributed by atoms with van der Waals surface area (Å²) < 4.78 is 0. The number of nitrogens with zero attached hydrogens (tertiary/aromatic N) is 1. The lowest BCUT2D eigenvalue weighted by molar-refractivity contribution is -0.145. The Labute approximate surface area is 114 Å². The highest BCUT2D eigenvalue weighted by molar-refractivity contribution is 5.79. The van der Waals surface area contributed by atoms with Crippen LogP contribution in [0.3, 0.4) is 0 Å². The highest BCUT2D eigenvalue weighted by Crippen LogP contribution is 2.39. The minimum Gasteiger partial charge on any atom is -0.481 e. The molecular formula is C15H23NO3. The summed E-state index contributed by atoms with van der Waals surface area (Å²) in [6, 6.07) is 0. The van der Waals surface area contributed by atoms with Crippen LogP contribution in [0.25, 0.3) is 0 Å². The minimum atomic E-state index is -0.693. The molecule has 0 aromatic heterocycles. The summed E-state index contributed by atoms with van der Waals surface area (Å²) in [5, 5.41) is 8.99. The van der Waals surface area contributed by atoms with Gasteiger partial charge in [-0.15, -0.1) is 0 Å². The smallest absolute Gasteiger partial charge is 0.306 e.